The first-order valence-corrected chi connectivity index (χ1v) is 10.1. The first-order chi connectivity index (χ1) is 13.6. The number of hydrogen-bond acceptors (Lipinski definition) is 5. The van der Waals surface area contributed by atoms with E-state index in [1.54, 1.807) is 7.05 Å². The predicted molar refractivity (Wildman–Crippen MR) is 127 cm³/mol. The highest BCUT2D eigenvalue weighted by molar-refractivity contribution is 14.0. The summed E-state index contributed by atoms with van der Waals surface area (Å²) in [4.78, 5) is 8.47. The van der Waals surface area contributed by atoms with Gasteiger partial charge in [-0.1, -0.05) is 43.5 Å². The van der Waals surface area contributed by atoms with E-state index in [4.69, 9.17) is 9.26 Å². The molecule has 0 saturated heterocycles. The van der Waals surface area contributed by atoms with Crippen LogP contribution in [0.2, 0.25) is 0 Å². The molecule has 8 heteroatoms. The highest BCUT2D eigenvalue weighted by atomic mass is 127. The Morgan fingerprint density at radius 2 is 2.00 bits per heavy atom. The summed E-state index contributed by atoms with van der Waals surface area (Å²) in [6.07, 6.45) is 5.45. The van der Waals surface area contributed by atoms with Crippen LogP contribution >= 0.6 is 24.0 Å². The van der Waals surface area contributed by atoms with E-state index < -0.39 is 0 Å². The molecule has 162 valence electrons. The maximum absolute atomic E-state index is 6.04. The van der Waals surface area contributed by atoms with Crippen LogP contribution in [0.5, 0.6) is 5.75 Å². The molecule has 1 aromatic heterocycles. The van der Waals surface area contributed by atoms with Gasteiger partial charge in [0.2, 0.25) is 5.89 Å². The van der Waals surface area contributed by atoms with Gasteiger partial charge in [0.05, 0.1) is 6.61 Å². The third kappa shape index (κ3) is 9.47. The summed E-state index contributed by atoms with van der Waals surface area (Å²) in [6, 6.07) is 6.32. The fourth-order valence-corrected chi connectivity index (χ4v) is 2.78. The minimum atomic E-state index is 0. The number of nitrogens with one attached hydrogen (secondary N) is 2. The molecule has 1 heterocycles. The van der Waals surface area contributed by atoms with Crippen molar-refractivity contribution in [3.63, 3.8) is 0 Å². The van der Waals surface area contributed by atoms with Crippen LogP contribution in [-0.4, -0.2) is 36.3 Å². The van der Waals surface area contributed by atoms with Gasteiger partial charge in [0.25, 0.3) is 0 Å². The van der Waals surface area contributed by atoms with E-state index in [1.807, 2.05) is 6.92 Å². The third-order valence-electron chi connectivity index (χ3n) is 4.35. The summed E-state index contributed by atoms with van der Waals surface area (Å²) >= 11 is 0. The Bertz CT molecular complexity index is 748. The van der Waals surface area contributed by atoms with E-state index in [1.165, 1.54) is 24.8 Å². The van der Waals surface area contributed by atoms with Gasteiger partial charge in [0.15, 0.2) is 11.8 Å². The average molecular weight is 515 g/mol. The summed E-state index contributed by atoms with van der Waals surface area (Å²) in [6.45, 7) is 8.18. The second-order valence-electron chi connectivity index (χ2n) is 6.86. The SMILES string of the molecule is CCCCCCOc1cc(C)ccc1CNC(=NC)NCCc1nc(C)no1.I. The second-order valence-corrected chi connectivity index (χ2v) is 6.86. The van der Waals surface area contributed by atoms with Gasteiger partial charge < -0.3 is 19.9 Å². The maximum atomic E-state index is 6.04. The molecule has 0 atom stereocenters. The Labute approximate surface area is 191 Å². The number of halogens is 1. The number of aryl methyl sites for hydroxylation is 2. The van der Waals surface area contributed by atoms with Crippen molar-refractivity contribution in [1.82, 2.24) is 20.8 Å². The van der Waals surface area contributed by atoms with Crippen molar-refractivity contribution in [1.29, 1.82) is 0 Å². The van der Waals surface area contributed by atoms with Gasteiger partial charge in [-0.3, -0.25) is 4.99 Å². The number of aromatic nitrogens is 2. The lowest BCUT2D eigenvalue weighted by molar-refractivity contribution is 0.301. The minimum Gasteiger partial charge on any atom is -0.493 e. The van der Waals surface area contributed by atoms with E-state index in [-0.39, 0.29) is 24.0 Å². The molecule has 29 heavy (non-hydrogen) atoms. The molecule has 1 aromatic carbocycles. The van der Waals surface area contributed by atoms with Crippen molar-refractivity contribution in [2.24, 2.45) is 4.99 Å². The van der Waals surface area contributed by atoms with Crippen molar-refractivity contribution in [3.05, 3.63) is 41.0 Å². The van der Waals surface area contributed by atoms with Gasteiger partial charge in [-0.15, -0.1) is 24.0 Å². The van der Waals surface area contributed by atoms with Crippen LogP contribution in [0.15, 0.2) is 27.7 Å². The Balaban J connectivity index is 0.00000420. The van der Waals surface area contributed by atoms with Crippen molar-refractivity contribution < 1.29 is 9.26 Å². The summed E-state index contributed by atoms with van der Waals surface area (Å²) in [5.41, 5.74) is 2.32. The first-order valence-electron chi connectivity index (χ1n) is 10.1. The van der Waals surface area contributed by atoms with Crippen LogP contribution in [0.3, 0.4) is 0 Å². The number of hydrogen-bond donors (Lipinski definition) is 2. The zero-order valence-electron chi connectivity index (χ0n) is 18.0. The van der Waals surface area contributed by atoms with Gasteiger partial charge in [-0.05, 0) is 31.9 Å². The van der Waals surface area contributed by atoms with E-state index >= 15 is 0 Å². The molecule has 0 amide bonds. The Kier molecular flexibility index (Phi) is 12.3. The molecule has 0 spiro atoms. The monoisotopic (exact) mass is 515 g/mol. The van der Waals surface area contributed by atoms with Gasteiger partial charge in [-0.2, -0.15) is 4.98 Å². The van der Waals surface area contributed by atoms with Crippen LogP contribution in [0.4, 0.5) is 0 Å². The summed E-state index contributed by atoms with van der Waals surface area (Å²) in [7, 11) is 1.76. The molecule has 2 rings (SSSR count). The normalized spacial score (nSPS) is 11.1. The third-order valence-corrected chi connectivity index (χ3v) is 4.35. The maximum Gasteiger partial charge on any atom is 0.228 e. The van der Waals surface area contributed by atoms with Crippen molar-refractivity contribution >= 4 is 29.9 Å². The second kappa shape index (κ2) is 14.2. The number of guanidine groups is 1. The first kappa shape index (κ1) is 25.2. The smallest absolute Gasteiger partial charge is 0.228 e. The standard InChI is InChI=1S/C21H33N5O2.HI/c1-5-6-7-8-13-27-19-14-16(2)9-10-18(19)15-24-21(22-4)23-12-11-20-25-17(3)26-28-20;/h9-10,14H,5-8,11-13,15H2,1-4H3,(H2,22,23,24);1H. The van der Waals surface area contributed by atoms with Crippen molar-refractivity contribution in [2.75, 3.05) is 20.2 Å². The molecular weight excluding hydrogens is 481 g/mol. The Morgan fingerprint density at radius 1 is 1.17 bits per heavy atom. The topological polar surface area (TPSA) is 84.6 Å². The molecule has 0 fully saturated rings. The zero-order chi connectivity index (χ0) is 20.2. The summed E-state index contributed by atoms with van der Waals surface area (Å²) < 4.78 is 11.2. The summed E-state index contributed by atoms with van der Waals surface area (Å²) in [5, 5.41) is 10.4. The lowest BCUT2D eigenvalue weighted by Crippen LogP contribution is -2.38. The molecule has 0 aliphatic heterocycles. The highest BCUT2D eigenvalue weighted by Gasteiger charge is 2.07. The molecule has 7 nitrogen and oxygen atoms in total. The molecular formula is C21H34IN5O2. The Morgan fingerprint density at radius 3 is 2.69 bits per heavy atom. The Hall–Kier alpha value is -1.84. The van der Waals surface area contributed by atoms with E-state index in [0.717, 1.165) is 30.3 Å². The molecule has 0 aliphatic carbocycles. The largest absolute Gasteiger partial charge is 0.493 e. The van der Waals surface area contributed by atoms with Crippen molar-refractivity contribution in [3.8, 4) is 5.75 Å². The molecule has 2 aromatic rings. The fraction of sp³-hybridized carbons (Fsp3) is 0.571. The fourth-order valence-electron chi connectivity index (χ4n) is 2.78. The number of ether oxygens (including phenoxy) is 1. The molecule has 0 saturated carbocycles. The molecule has 0 unspecified atom stereocenters. The van der Waals surface area contributed by atoms with Crippen LogP contribution in [0.1, 0.15) is 55.4 Å². The quantitative estimate of drug-likeness (QED) is 0.202. The number of benzene rings is 1. The van der Waals surface area contributed by atoms with Gasteiger partial charge in [0.1, 0.15) is 5.75 Å². The van der Waals surface area contributed by atoms with E-state index in [2.05, 4.69) is 57.8 Å². The molecule has 2 N–H and O–H groups in total. The molecule has 0 radical (unpaired) electrons. The van der Waals surface area contributed by atoms with Crippen LogP contribution in [0, 0.1) is 13.8 Å². The van der Waals surface area contributed by atoms with Crippen LogP contribution in [-0.2, 0) is 13.0 Å². The number of aliphatic imine (C=N–C) groups is 1. The van der Waals surface area contributed by atoms with Crippen LogP contribution < -0.4 is 15.4 Å². The average Bonchev–Trinajstić information content (AvgIpc) is 3.10. The van der Waals surface area contributed by atoms with E-state index in [9.17, 15) is 0 Å². The number of rotatable bonds is 11. The zero-order valence-corrected chi connectivity index (χ0v) is 20.3. The van der Waals surface area contributed by atoms with Crippen LogP contribution in [0.25, 0.3) is 0 Å². The molecule has 0 aliphatic rings. The summed E-state index contributed by atoms with van der Waals surface area (Å²) in [5.74, 6) is 2.95. The molecule has 0 bridgehead atoms. The minimum absolute atomic E-state index is 0. The van der Waals surface area contributed by atoms with Crippen molar-refractivity contribution in [2.45, 2.75) is 59.4 Å². The van der Waals surface area contributed by atoms with Gasteiger partial charge in [-0.25, -0.2) is 0 Å². The lowest BCUT2D eigenvalue weighted by Gasteiger charge is -2.15. The van der Waals surface area contributed by atoms with Gasteiger partial charge >= 0.3 is 0 Å². The predicted octanol–water partition coefficient (Wildman–Crippen LogP) is 4.17. The highest BCUT2D eigenvalue weighted by Crippen LogP contribution is 2.20. The number of unbranched alkanes of at least 4 members (excludes halogenated alkanes) is 3. The lowest BCUT2D eigenvalue weighted by atomic mass is 10.1. The number of nitrogens with zero attached hydrogens (tertiary/aromatic N) is 3. The van der Waals surface area contributed by atoms with Gasteiger partial charge in [0, 0.05) is 32.1 Å². The van der Waals surface area contributed by atoms with E-state index in [0.29, 0.717) is 31.2 Å².